The second kappa shape index (κ2) is 6.16. The van der Waals surface area contributed by atoms with E-state index in [2.05, 4.69) is 5.32 Å². The van der Waals surface area contributed by atoms with Crippen molar-refractivity contribution in [2.45, 2.75) is 0 Å². The van der Waals surface area contributed by atoms with Gasteiger partial charge in [-0.1, -0.05) is 29.3 Å². The molecule has 0 aliphatic carbocycles. The number of nitrogens with one attached hydrogen (secondary N) is 1. The SMILES string of the molecule is N#CC=C(NCC=O)c1ccc(Cl)c(Cl)c1. The van der Waals surface area contributed by atoms with Crippen molar-refractivity contribution < 1.29 is 4.79 Å². The highest BCUT2D eigenvalue weighted by Gasteiger charge is 2.04. The molecule has 0 bridgehead atoms. The van der Waals surface area contributed by atoms with Crippen molar-refractivity contribution in [3.8, 4) is 6.07 Å². The zero-order valence-corrected chi connectivity index (χ0v) is 9.72. The van der Waals surface area contributed by atoms with Crippen LogP contribution in [0, 0.1) is 11.3 Å². The smallest absolute Gasteiger partial charge is 0.139 e. The first-order valence-electron chi connectivity index (χ1n) is 4.41. The number of allylic oxidation sites excluding steroid dienone is 1. The highest BCUT2D eigenvalue weighted by Crippen LogP contribution is 2.25. The predicted octanol–water partition coefficient (Wildman–Crippen LogP) is 2.65. The number of rotatable bonds is 4. The summed E-state index contributed by atoms with van der Waals surface area (Å²) in [4.78, 5) is 10.2. The summed E-state index contributed by atoms with van der Waals surface area (Å²) in [5.41, 5.74) is 1.24. The number of hydrogen-bond acceptors (Lipinski definition) is 3. The molecule has 0 aliphatic rings. The van der Waals surface area contributed by atoms with Crippen molar-refractivity contribution in [1.29, 1.82) is 5.26 Å². The van der Waals surface area contributed by atoms with Gasteiger partial charge in [0, 0.05) is 6.08 Å². The molecule has 0 amide bonds. The van der Waals surface area contributed by atoms with Crippen LogP contribution < -0.4 is 5.32 Å². The number of benzene rings is 1. The normalized spacial score (nSPS) is 10.7. The summed E-state index contributed by atoms with van der Waals surface area (Å²) in [6.07, 6.45) is 2.02. The minimum Gasteiger partial charge on any atom is -0.377 e. The number of nitriles is 1. The van der Waals surface area contributed by atoms with E-state index in [0.717, 1.165) is 0 Å². The Morgan fingerprint density at radius 1 is 1.44 bits per heavy atom. The lowest BCUT2D eigenvalue weighted by atomic mass is 10.1. The van der Waals surface area contributed by atoms with E-state index < -0.39 is 0 Å². The molecule has 1 aromatic rings. The molecule has 0 heterocycles. The first-order valence-corrected chi connectivity index (χ1v) is 5.17. The van der Waals surface area contributed by atoms with Gasteiger partial charge in [-0.05, 0) is 17.7 Å². The average Bonchev–Trinajstić information content (AvgIpc) is 2.28. The van der Waals surface area contributed by atoms with Crippen LogP contribution in [0.4, 0.5) is 0 Å². The van der Waals surface area contributed by atoms with Gasteiger partial charge in [-0.3, -0.25) is 0 Å². The number of halogens is 2. The van der Waals surface area contributed by atoms with E-state index >= 15 is 0 Å². The zero-order valence-electron chi connectivity index (χ0n) is 8.21. The fourth-order valence-electron chi connectivity index (χ4n) is 1.12. The van der Waals surface area contributed by atoms with Crippen LogP contribution in [0.2, 0.25) is 10.0 Å². The number of nitrogens with zero attached hydrogens (tertiary/aromatic N) is 1. The van der Waals surface area contributed by atoms with Crippen LogP contribution in [0.25, 0.3) is 5.70 Å². The molecule has 0 unspecified atom stereocenters. The Balaban J connectivity index is 3.03. The Kier molecular flexibility index (Phi) is 4.84. The molecule has 0 saturated heterocycles. The third-order valence-corrected chi connectivity index (χ3v) is 2.55. The Morgan fingerprint density at radius 2 is 2.19 bits per heavy atom. The van der Waals surface area contributed by atoms with Crippen molar-refractivity contribution in [1.82, 2.24) is 5.32 Å². The fraction of sp³-hybridized carbons (Fsp3) is 0.0909. The molecule has 0 radical (unpaired) electrons. The molecule has 0 spiro atoms. The molecule has 3 nitrogen and oxygen atoms in total. The highest BCUT2D eigenvalue weighted by molar-refractivity contribution is 6.42. The Labute approximate surface area is 103 Å². The highest BCUT2D eigenvalue weighted by atomic mass is 35.5. The molecule has 1 rings (SSSR count). The van der Waals surface area contributed by atoms with E-state index in [-0.39, 0.29) is 6.54 Å². The van der Waals surface area contributed by atoms with Crippen LogP contribution >= 0.6 is 23.2 Å². The van der Waals surface area contributed by atoms with E-state index in [0.29, 0.717) is 27.6 Å². The van der Waals surface area contributed by atoms with Crippen LogP contribution in [0.3, 0.4) is 0 Å². The summed E-state index contributed by atoms with van der Waals surface area (Å²) in [7, 11) is 0. The maximum atomic E-state index is 10.2. The fourth-order valence-corrected chi connectivity index (χ4v) is 1.41. The zero-order chi connectivity index (χ0) is 12.0. The van der Waals surface area contributed by atoms with Gasteiger partial charge >= 0.3 is 0 Å². The van der Waals surface area contributed by atoms with Crippen LogP contribution in [-0.2, 0) is 4.79 Å². The van der Waals surface area contributed by atoms with Crippen LogP contribution in [0.1, 0.15) is 5.56 Å². The Hall–Kier alpha value is -1.50. The van der Waals surface area contributed by atoms with E-state index in [9.17, 15) is 4.79 Å². The molecule has 0 aromatic heterocycles. The van der Waals surface area contributed by atoms with E-state index in [1.54, 1.807) is 18.2 Å². The summed E-state index contributed by atoms with van der Waals surface area (Å²) in [5.74, 6) is 0. The number of carbonyl (C=O) groups is 1. The van der Waals surface area contributed by atoms with Gasteiger partial charge in [-0.2, -0.15) is 5.26 Å². The molecule has 1 N–H and O–H groups in total. The molecule has 0 saturated carbocycles. The summed E-state index contributed by atoms with van der Waals surface area (Å²) in [6, 6.07) is 6.87. The van der Waals surface area contributed by atoms with Crippen molar-refractivity contribution in [3.63, 3.8) is 0 Å². The van der Waals surface area contributed by atoms with E-state index in [1.807, 2.05) is 6.07 Å². The second-order valence-corrected chi connectivity index (χ2v) is 3.68. The number of hydrogen-bond donors (Lipinski definition) is 1. The predicted molar refractivity (Wildman–Crippen MR) is 64.1 cm³/mol. The summed E-state index contributed by atoms with van der Waals surface area (Å²) >= 11 is 11.6. The lowest BCUT2D eigenvalue weighted by Gasteiger charge is -2.08. The monoisotopic (exact) mass is 254 g/mol. The van der Waals surface area contributed by atoms with Gasteiger partial charge < -0.3 is 10.1 Å². The van der Waals surface area contributed by atoms with Crippen molar-refractivity contribution >= 4 is 35.2 Å². The first-order chi connectivity index (χ1) is 7.69. The standard InChI is InChI=1S/C11H8Cl2N2O/c12-9-2-1-8(7-10(9)13)11(3-4-14)15-5-6-16/h1-3,6-7,15H,5H2. The molecule has 16 heavy (non-hydrogen) atoms. The maximum Gasteiger partial charge on any atom is 0.139 e. The van der Waals surface area contributed by atoms with E-state index in [4.69, 9.17) is 28.5 Å². The van der Waals surface area contributed by atoms with Gasteiger partial charge in [-0.25, -0.2) is 0 Å². The van der Waals surface area contributed by atoms with Crippen LogP contribution in [0.5, 0.6) is 0 Å². The molecule has 0 aliphatic heterocycles. The molecule has 82 valence electrons. The molecule has 5 heteroatoms. The van der Waals surface area contributed by atoms with Gasteiger partial charge in [0.1, 0.15) is 6.29 Å². The number of aldehydes is 1. The van der Waals surface area contributed by atoms with E-state index in [1.165, 1.54) is 6.08 Å². The molecular weight excluding hydrogens is 247 g/mol. The van der Waals surface area contributed by atoms with Gasteiger partial charge in [0.2, 0.25) is 0 Å². The maximum absolute atomic E-state index is 10.2. The minimum atomic E-state index is 0.133. The lowest BCUT2D eigenvalue weighted by molar-refractivity contribution is -0.107. The topological polar surface area (TPSA) is 52.9 Å². The molecular formula is C11H8Cl2N2O. The van der Waals surface area contributed by atoms with Crippen LogP contribution in [-0.4, -0.2) is 12.8 Å². The Bertz CT molecular complexity index is 464. The third kappa shape index (κ3) is 3.27. The second-order valence-electron chi connectivity index (χ2n) is 2.86. The van der Waals surface area contributed by atoms with Crippen molar-refractivity contribution in [3.05, 3.63) is 39.9 Å². The molecule has 1 aromatic carbocycles. The molecule has 0 fully saturated rings. The quantitative estimate of drug-likeness (QED) is 0.664. The van der Waals surface area contributed by atoms with Crippen molar-refractivity contribution in [2.24, 2.45) is 0 Å². The van der Waals surface area contributed by atoms with Crippen molar-refractivity contribution in [2.75, 3.05) is 6.54 Å². The first kappa shape index (κ1) is 12.6. The summed E-state index contributed by atoms with van der Waals surface area (Å²) < 4.78 is 0. The number of carbonyl (C=O) groups excluding carboxylic acids is 1. The molecule has 0 atom stereocenters. The van der Waals surface area contributed by atoms with Gasteiger partial charge in [-0.15, -0.1) is 0 Å². The lowest BCUT2D eigenvalue weighted by Crippen LogP contribution is -2.14. The minimum absolute atomic E-state index is 0.133. The largest absolute Gasteiger partial charge is 0.377 e. The van der Waals surface area contributed by atoms with Gasteiger partial charge in [0.05, 0.1) is 28.4 Å². The Morgan fingerprint density at radius 3 is 2.75 bits per heavy atom. The average molecular weight is 255 g/mol. The summed E-state index contributed by atoms with van der Waals surface area (Å²) in [5, 5.41) is 12.3. The van der Waals surface area contributed by atoms with Gasteiger partial charge in [0.25, 0.3) is 0 Å². The van der Waals surface area contributed by atoms with Crippen LogP contribution in [0.15, 0.2) is 24.3 Å². The van der Waals surface area contributed by atoms with Gasteiger partial charge in [0.15, 0.2) is 0 Å². The summed E-state index contributed by atoms with van der Waals surface area (Å²) in [6.45, 7) is 0.133. The third-order valence-electron chi connectivity index (χ3n) is 1.82.